The van der Waals surface area contributed by atoms with Crippen molar-refractivity contribution >= 4 is 34.4 Å². The van der Waals surface area contributed by atoms with Crippen molar-refractivity contribution < 1.29 is 18.8 Å². The molecule has 2 N–H and O–H groups in total. The summed E-state index contributed by atoms with van der Waals surface area (Å²) in [6, 6.07) is 26.9. The first-order valence-electron chi connectivity index (χ1n) is 13.8. The molecule has 7 rings (SSSR count). The van der Waals surface area contributed by atoms with Gasteiger partial charge in [-0.2, -0.15) is 0 Å². The number of anilines is 1. The first kappa shape index (κ1) is 25.7. The van der Waals surface area contributed by atoms with Gasteiger partial charge < -0.3 is 10.3 Å². The lowest BCUT2D eigenvalue weighted by Crippen LogP contribution is -2.44. The Balaban J connectivity index is 1.19. The number of nitrogens with one attached hydrogen (secondary N) is 2. The Bertz CT molecular complexity index is 1850. The van der Waals surface area contributed by atoms with Crippen molar-refractivity contribution in [3.63, 3.8) is 0 Å². The van der Waals surface area contributed by atoms with Gasteiger partial charge in [0.05, 0.1) is 5.69 Å². The summed E-state index contributed by atoms with van der Waals surface area (Å²) in [6.07, 6.45) is 0.409. The van der Waals surface area contributed by atoms with Gasteiger partial charge in [-0.15, -0.1) is 0 Å². The van der Waals surface area contributed by atoms with Gasteiger partial charge >= 0.3 is 6.03 Å². The third kappa shape index (κ3) is 4.23. The summed E-state index contributed by atoms with van der Waals surface area (Å²) in [5.74, 6) is -0.941. The molecule has 0 bridgehead atoms. The molecular weight excluding hydrogens is 531 g/mol. The topological polar surface area (TPSA) is 85.5 Å². The minimum atomic E-state index is -0.658. The molecule has 0 spiro atoms. The minimum absolute atomic E-state index is 0.246. The number of carbonyl (C=O) groups is 3. The first-order valence-corrected chi connectivity index (χ1v) is 13.8. The molecule has 42 heavy (non-hydrogen) atoms. The summed E-state index contributed by atoms with van der Waals surface area (Å²) >= 11 is 0. The van der Waals surface area contributed by atoms with Crippen molar-refractivity contribution in [3.05, 3.63) is 136 Å². The Morgan fingerprint density at radius 3 is 2.38 bits per heavy atom. The minimum Gasteiger partial charge on any atom is -0.356 e. The Morgan fingerprint density at radius 1 is 0.929 bits per heavy atom. The van der Waals surface area contributed by atoms with Gasteiger partial charge in [0, 0.05) is 35.1 Å². The van der Waals surface area contributed by atoms with Gasteiger partial charge in [0.2, 0.25) is 0 Å². The van der Waals surface area contributed by atoms with Crippen LogP contribution in [0.5, 0.6) is 0 Å². The highest BCUT2D eigenvalue weighted by molar-refractivity contribution is 6.22. The molecule has 2 aliphatic heterocycles. The molecule has 5 aromatic rings. The highest BCUT2D eigenvalue weighted by atomic mass is 19.1. The number of aromatic nitrogens is 1. The number of aryl methyl sites for hydroxylation is 1. The van der Waals surface area contributed by atoms with Crippen molar-refractivity contribution in [2.45, 2.75) is 32.0 Å². The number of rotatable bonds is 5. The van der Waals surface area contributed by atoms with Crippen molar-refractivity contribution in [1.82, 2.24) is 15.2 Å². The number of hydrogen-bond acceptors (Lipinski definition) is 3. The smallest absolute Gasteiger partial charge is 0.332 e. The Labute approximate surface area is 241 Å². The van der Waals surface area contributed by atoms with E-state index in [4.69, 9.17) is 0 Å². The fourth-order valence-electron chi connectivity index (χ4n) is 6.06. The number of amides is 4. The van der Waals surface area contributed by atoms with Gasteiger partial charge in [-0.05, 0) is 66.1 Å². The van der Waals surface area contributed by atoms with E-state index >= 15 is 0 Å². The third-order valence-electron chi connectivity index (χ3n) is 8.20. The largest absolute Gasteiger partial charge is 0.356 e. The number of imide groups is 1. The number of para-hydroxylation sites is 1. The van der Waals surface area contributed by atoms with Gasteiger partial charge in [-0.25, -0.2) is 14.1 Å². The Morgan fingerprint density at radius 2 is 1.64 bits per heavy atom. The van der Waals surface area contributed by atoms with Crippen LogP contribution in [0.3, 0.4) is 0 Å². The maximum atomic E-state index is 14.0. The van der Waals surface area contributed by atoms with E-state index in [9.17, 15) is 18.8 Å². The van der Waals surface area contributed by atoms with E-state index in [1.54, 1.807) is 41.3 Å². The molecule has 8 heteroatoms. The lowest BCUT2D eigenvalue weighted by atomic mass is 9.88. The van der Waals surface area contributed by atoms with Crippen LogP contribution < -0.4 is 10.2 Å². The van der Waals surface area contributed by atoms with Crippen LogP contribution in [0, 0.1) is 12.7 Å². The summed E-state index contributed by atoms with van der Waals surface area (Å²) in [4.78, 5) is 47.1. The van der Waals surface area contributed by atoms with Crippen molar-refractivity contribution in [1.29, 1.82) is 0 Å². The Hall–Kier alpha value is -5.24. The average Bonchev–Trinajstić information content (AvgIpc) is 3.50. The maximum Gasteiger partial charge on any atom is 0.332 e. The van der Waals surface area contributed by atoms with Gasteiger partial charge in [-0.1, -0.05) is 60.2 Å². The molecule has 2 unspecified atom stereocenters. The summed E-state index contributed by atoms with van der Waals surface area (Å²) in [6.45, 7) is 2.26. The number of halogens is 1. The van der Waals surface area contributed by atoms with E-state index in [1.807, 2.05) is 55.5 Å². The number of H-pyrrole nitrogens is 1. The predicted molar refractivity (Wildman–Crippen MR) is 158 cm³/mol. The highest BCUT2D eigenvalue weighted by Gasteiger charge is 2.53. The van der Waals surface area contributed by atoms with Gasteiger partial charge in [0.1, 0.15) is 17.9 Å². The van der Waals surface area contributed by atoms with Crippen molar-refractivity contribution in [2.24, 2.45) is 0 Å². The average molecular weight is 559 g/mol. The van der Waals surface area contributed by atoms with Crippen LogP contribution in [0.4, 0.5) is 14.9 Å². The zero-order valence-electron chi connectivity index (χ0n) is 22.8. The third-order valence-corrected chi connectivity index (χ3v) is 8.20. The molecule has 4 amide bonds. The molecule has 1 aromatic heterocycles. The highest BCUT2D eigenvalue weighted by Crippen LogP contribution is 2.44. The van der Waals surface area contributed by atoms with Gasteiger partial charge in [0.15, 0.2) is 0 Å². The number of carbonyl (C=O) groups excluding carboxylic acids is 3. The van der Waals surface area contributed by atoms with E-state index in [-0.39, 0.29) is 24.2 Å². The zero-order chi connectivity index (χ0) is 29.0. The van der Waals surface area contributed by atoms with Crippen LogP contribution in [0.2, 0.25) is 0 Å². The number of hydrogen-bond donors (Lipinski definition) is 2. The van der Waals surface area contributed by atoms with Crippen LogP contribution in [0.25, 0.3) is 10.9 Å². The van der Waals surface area contributed by atoms with Gasteiger partial charge in [0.25, 0.3) is 11.8 Å². The SMILES string of the molecule is Cc1ccc(C2c3[nH]c4ccccc4c3CC3C(=O)N(c4ccc(C(=O)NCc5ccc(F)cc5)cc4)C(=O)N32)cc1. The normalized spacial score (nSPS) is 17.9. The second-order valence-electron chi connectivity index (χ2n) is 10.8. The molecule has 2 atom stereocenters. The molecule has 0 radical (unpaired) electrons. The number of benzene rings is 4. The van der Waals surface area contributed by atoms with Crippen LogP contribution in [-0.4, -0.2) is 33.8 Å². The lowest BCUT2D eigenvalue weighted by molar-refractivity contribution is -0.120. The standard InChI is InChI=1S/C34H27FN4O3/c1-20-6-10-22(11-7-20)31-30-27(26-4-2-3-5-28(26)37-30)18-29-33(41)38(34(42)39(29)31)25-16-12-23(13-17-25)32(40)36-19-21-8-14-24(35)15-9-21/h2-17,29,31,37H,18-19H2,1H3,(H,36,40). The molecule has 2 aliphatic rings. The quantitative estimate of drug-likeness (QED) is 0.259. The number of nitrogens with zero attached hydrogens (tertiary/aromatic N) is 2. The molecule has 0 saturated carbocycles. The molecule has 1 fully saturated rings. The summed E-state index contributed by atoms with van der Waals surface area (Å²) in [5.41, 5.74) is 6.55. The molecule has 3 heterocycles. The lowest BCUT2D eigenvalue weighted by Gasteiger charge is -2.36. The maximum absolute atomic E-state index is 14.0. The second-order valence-corrected chi connectivity index (χ2v) is 10.8. The summed E-state index contributed by atoms with van der Waals surface area (Å²) in [5, 5.41) is 3.87. The van der Waals surface area contributed by atoms with Crippen LogP contribution in [0.15, 0.2) is 97.1 Å². The number of urea groups is 1. The summed E-state index contributed by atoms with van der Waals surface area (Å²) in [7, 11) is 0. The molecule has 7 nitrogen and oxygen atoms in total. The van der Waals surface area contributed by atoms with E-state index in [0.29, 0.717) is 17.7 Å². The molecule has 208 valence electrons. The Kier molecular flexibility index (Phi) is 6.12. The number of aromatic amines is 1. The fraction of sp³-hybridized carbons (Fsp3) is 0.147. The van der Waals surface area contributed by atoms with E-state index < -0.39 is 18.1 Å². The molecule has 4 aromatic carbocycles. The van der Waals surface area contributed by atoms with Crippen LogP contribution >= 0.6 is 0 Å². The molecular formula is C34H27FN4O3. The fourth-order valence-corrected chi connectivity index (χ4v) is 6.06. The zero-order valence-corrected chi connectivity index (χ0v) is 22.8. The van der Waals surface area contributed by atoms with E-state index in [2.05, 4.69) is 10.3 Å². The van der Waals surface area contributed by atoms with E-state index in [0.717, 1.165) is 38.9 Å². The van der Waals surface area contributed by atoms with Crippen molar-refractivity contribution in [2.75, 3.05) is 4.90 Å². The predicted octanol–water partition coefficient (Wildman–Crippen LogP) is 6.03. The van der Waals surface area contributed by atoms with Crippen LogP contribution in [0.1, 0.15) is 44.3 Å². The summed E-state index contributed by atoms with van der Waals surface area (Å²) < 4.78 is 13.2. The first-order chi connectivity index (χ1) is 20.4. The van der Waals surface area contributed by atoms with Crippen LogP contribution in [-0.2, 0) is 17.8 Å². The number of fused-ring (bicyclic) bond motifs is 4. The molecule has 0 aliphatic carbocycles. The van der Waals surface area contributed by atoms with E-state index in [1.165, 1.54) is 17.0 Å². The molecule has 1 saturated heterocycles. The monoisotopic (exact) mass is 558 g/mol. The van der Waals surface area contributed by atoms with Crippen molar-refractivity contribution in [3.8, 4) is 0 Å². The second kappa shape index (κ2) is 9.99. The van der Waals surface area contributed by atoms with Gasteiger partial charge in [-0.3, -0.25) is 14.5 Å².